The van der Waals surface area contributed by atoms with Gasteiger partial charge in [-0.2, -0.15) is 0 Å². The molecule has 1 rings (SSSR count). The van der Waals surface area contributed by atoms with Crippen LogP contribution in [0.1, 0.15) is 31.1 Å². The van der Waals surface area contributed by atoms with Crippen molar-refractivity contribution in [2.45, 2.75) is 31.2 Å². The Bertz CT molecular complexity index is 710. The number of esters is 1. The molecule has 1 amide bonds. The van der Waals surface area contributed by atoms with E-state index in [1.54, 1.807) is 20.8 Å². The summed E-state index contributed by atoms with van der Waals surface area (Å²) in [6.45, 7) is 5.33. The Morgan fingerprint density at radius 1 is 1.20 bits per heavy atom. The standard InChI is InChI=1S/C16H24N2O6S/c1-16(2,3)18-25(21,22)13-7-5-6-12(10-13)15(20)24-11-14(19)17-8-9-23-4/h5-7,10,18H,8-9,11H2,1-4H3,(H,17,19). The van der Waals surface area contributed by atoms with Gasteiger partial charge < -0.3 is 14.8 Å². The molecule has 0 atom stereocenters. The topological polar surface area (TPSA) is 111 Å². The van der Waals surface area contributed by atoms with E-state index in [9.17, 15) is 18.0 Å². The molecular weight excluding hydrogens is 348 g/mol. The van der Waals surface area contributed by atoms with E-state index < -0.39 is 34.0 Å². The van der Waals surface area contributed by atoms with Crippen LogP contribution in [0, 0.1) is 0 Å². The van der Waals surface area contributed by atoms with Gasteiger partial charge in [0.05, 0.1) is 17.1 Å². The first-order valence-corrected chi connectivity index (χ1v) is 9.10. The summed E-state index contributed by atoms with van der Waals surface area (Å²) in [5, 5.41) is 2.50. The van der Waals surface area contributed by atoms with Gasteiger partial charge in [0.1, 0.15) is 0 Å². The van der Waals surface area contributed by atoms with E-state index in [4.69, 9.17) is 9.47 Å². The third-order valence-electron chi connectivity index (χ3n) is 2.78. The molecule has 0 bridgehead atoms. The molecule has 9 heteroatoms. The number of carbonyl (C=O) groups is 2. The van der Waals surface area contributed by atoms with Crippen molar-refractivity contribution in [1.29, 1.82) is 0 Å². The second kappa shape index (κ2) is 8.93. The predicted molar refractivity (Wildman–Crippen MR) is 91.7 cm³/mol. The lowest BCUT2D eigenvalue weighted by Crippen LogP contribution is -2.40. The van der Waals surface area contributed by atoms with Gasteiger partial charge in [-0.3, -0.25) is 4.79 Å². The van der Waals surface area contributed by atoms with E-state index in [0.717, 1.165) is 0 Å². The minimum absolute atomic E-state index is 0.0430. The van der Waals surface area contributed by atoms with Crippen molar-refractivity contribution in [3.63, 3.8) is 0 Å². The summed E-state index contributed by atoms with van der Waals surface area (Å²) in [4.78, 5) is 23.4. The van der Waals surface area contributed by atoms with Crippen molar-refractivity contribution < 1.29 is 27.5 Å². The molecule has 0 aliphatic rings. The summed E-state index contributed by atoms with van der Waals surface area (Å²) in [5.41, 5.74) is -0.614. The van der Waals surface area contributed by atoms with E-state index in [-0.39, 0.29) is 10.5 Å². The Labute approximate surface area is 147 Å². The molecule has 0 heterocycles. The molecule has 0 aliphatic carbocycles. The van der Waals surface area contributed by atoms with Gasteiger partial charge in [0.25, 0.3) is 5.91 Å². The molecule has 0 spiro atoms. The summed E-state index contributed by atoms with van der Waals surface area (Å²) in [6, 6.07) is 5.44. The third-order valence-corrected chi connectivity index (χ3v) is 4.54. The summed E-state index contributed by atoms with van der Waals surface area (Å²) in [7, 11) is -2.27. The maximum Gasteiger partial charge on any atom is 0.338 e. The van der Waals surface area contributed by atoms with E-state index in [1.165, 1.54) is 31.4 Å². The van der Waals surface area contributed by atoms with Crippen molar-refractivity contribution in [3.8, 4) is 0 Å². The van der Waals surface area contributed by atoms with Crippen LogP contribution in [0.4, 0.5) is 0 Å². The van der Waals surface area contributed by atoms with Gasteiger partial charge in [0.15, 0.2) is 6.61 Å². The molecule has 0 aliphatic heterocycles. The zero-order chi connectivity index (χ0) is 19.1. The van der Waals surface area contributed by atoms with Crippen molar-refractivity contribution >= 4 is 21.9 Å². The summed E-state index contributed by atoms with van der Waals surface area (Å²) >= 11 is 0. The lowest BCUT2D eigenvalue weighted by Gasteiger charge is -2.20. The molecule has 0 fully saturated rings. The zero-order valence-electron chi connectivity index (χ0n) is 14.8. The number of nitrogens with one attached hydrogen (secondary N) is 2. The molecule has 0 saturated carbocycles. The minimum Gasteiger partial charge on any atom is -0.452 e. The summed E-state index contributed by atoms with van der Waals surface area (Å²) in [6.07, 6.45) is 0. The van der Waals surface area contributed by atoms with Gasteiger partial charge in [0, 0.05) is 19.2 Å². The van der Waals surface area contributed by atoms with Gasteiger partial charge >= 0.3 is 5.97 Å². The van der Waals surface area contributed by atoms with E-state index in [0.29, 0.717) is 13.2 Å². The first kappa shape index (κ1) is 21.1. The second-order valence-corrected chi connectivity index (χ2v) is 7.98. The minimum atomic E-state index is -3.77. The molecule has 0 unspecified atom stereocenters. The highest BCUT2D eigenvalue weighted by molar-refractivity contribution is 7.89. The van der Waals surface area contributed by atoms with Crippen LogP contribution < -0.4 is 10.0 Å². The van der Waals surface area contributed by atoms with Gasteiger partial charge in [-0.25, -0.2) is 17.9 Å². The number of hydrogen-bond acceptors (Lipinski definition) is 6. The Hall–Kier alpha value is -1.97. The Morgan fingerprint density at radius 2 is 1.88 bits per heavy atom. The zero-order valence-corrected chi connectivity index (χ0v) is 15.6. The fourth-order valence-corrected chi connectivity index (χ4v) is 3.27. The maximum absolute atomic E-state index is 12.3. The Balaban J connectivity index is 2.74. The molecule has 25 heavy (non-hydrogen) atoms. The highest BCUT2D eigenvalue weighted by atomic mass is 32.2. The van der Waals surface area contributed by atoms with Crippen LogP contribution in [-0.2, 0) is 24.3 Å². The van der Waals surface area contributed by atoms with Crippen molar-refractivity contribution in [2.75, 3.05) is 26.9 Å². The molecule has 8 nitrogen and oxygen atoms in total. The van der Waals surface area contributed by atoms with Gasteiger partial charge in [-0.05, 0) is 39.0 Å². The fourth-order valence-electron chi connectivity index (χ4n) is 1.81. The molecule has 140 valence electrons. The molecule has 2 N–H and O–H groups in total. The monoisotopic (exact) mass is 372 g/mol. The number of amides is 1. The second-order valence-electron chi connectivity index (χ2n) is 6.30. The molecular formula is C16H24N2O6S. The van der Waals surface area contributed by atoms with Crippen molar-refractivity contribution in [1.82, 2.24) is 10.0 Å². The molecule has 1 aromatic rings. The largest absolute Gasteiger partial charge is 0.452 e. The average Bonchev–Trinajstić information content (AvgIpc) is 2.51. The summed E-state index contributed by atoms with van der Waals surface area (Å²) < 4.78 is 36.8. The first-order chi connectivity index (χ1) is 11.5. The van der Waals surface area contributed by atoms with Crippen LogP contribution in [-0.4, -0.2) is 52.7 Å². The van der Waals surface area contributed by atoms with Crippen LogP contribution in [0.15, 0.2) is 29.2 Å². The van der Waals surface area contributed by atoms with Crippen molar-refractivity contribution in [2.24, 2.45) is 0 Å². The lowest BCUT2D eigenvalue weighted by atomic mass is 10.1. The SMILES string of the molecule is COCCNC(=O)COC(=O)c1cccc(S(=O)(=O)NC(C)(C)C)c1. The first-order valence-electron chi connectivity index (χ1n) is 7.62. The van der Waals surface area contributed by atoms with Crippen LogP contribution >= 0.6 is 0 Å². The number of rotatable bonds is 8. The lowest BCUT2D eigenvalue weighted by molar-refractivity contribution is -0.124. The number of methoxy groups -OCH3 is 1. The van der Waals surface area contributed by atoms with Crippen LogP contribution in [0.25, 0.3) is 0 Å². The summed E-state index contributed by atoms with van der Waals surface area (Å²) in [5.74, 6) is -1.25. The van der Waals surface area contributed by atoms with E-state index in [2.05, 4.69) is 10.0 Å². The molecule has 0 radical (unpaired) electrons. The maximum atomic E-state index is 12.3. The third kappa shape index (κ3) is 7.63. The van der Waals surface area contributed by atoms with Crippen molar-refractivity contribution in [3.05, 3.63) is 29.8 Å². The number of carbonyl (C=O) groups excluding carboxylic acids is 2. The molecule has 0 aromatic heterocycles. The quantitative estimate of drug-likeness (QED) is 0.513. The van der Waals surface area contributed by atoms with Crippen LogP contribution in [0.5, 0.6) is 0 Å². The highest BCUT2D eigenvalue weighted by Gasteiger charge is 2.23. The molecule has 1 aromatic carbocycles. The van der Waals surface area contributed by atoms with Gasteiger partial charge in [-0.15, -0.1) is 0 Å². The van der Waals surface area contributed by atoms with Crippen LogP contribution in [0.2, 0.25) is 0 Å². The van der Waals surface area contributed by atoms with Crippen LogP contribution in [0.3, 0.4) is 0 Å². The normalized spacial score (nSPS) is 11.8. The van der Waals surface area contributed by atoms with E-state index >= 15 is 0 Å². The number of hydrogen-bond donors (Lipinski definition) is 2. The fraction of sp³-hybridized carbons (Fsp3) is 0.500. The average molecular weight is 372 g/mol. The predicted octanol–water partition coefficient (Wildman–Crippen LogP) is 0.683. The van der Waals surface area contributed by atoms with Gasteiger partial charge in [0.2, 0.25) is 10.0 Å². The van der Waals surface area contributed by atoms with E-state index in [1.807, 2.05) is 0 Å². The number of sulfonamides is 1. The van der Waals surface area contributed by atoms with Gasteiger partial charge in [-0.1, -0.05) is 6.07 Å². The highest BCUT2D eigenvalue weighted by Crippen LogP contribution is 2.15. The number of ether oxygens (including phenoxy) is 2. The Morgan fingerprint density at radius 3 is 2.48 bits per heavy atom. The molecule has 0 saturated heterocycles. The Kier molecular flexibility index (Phi) is 7.53. The number of benzene rings is 1. The smallest absolute Gasteiger partial charge is 0.338 e.